The average Bonchev–Trinajstić information content (AvgIpc) is 2.58. The molecule has 0 aliphatic carbocycles. The van der Waals surface area contributed by atoms with Gasteiger partial charge in [0.05, 0.1) is 7.11 Å². The van der Waals surface area contributed by atoms with Gasteiger partial charge in [-0.15, -0.1) is 0 Å². The third-order valence-electron chi connectivity index (χ3n) is 3.47. The van der Waals surface area contributed by atoms with Gasteiger partial charge in [0.1, 0.15) is 18.1 Å². The Labute approximate surface area is 136 Å². The van der Waals surface area contributed by atoms with E-state index in [0.29, 0.717) is 6.61 Å². The Morgan fingerprint density at radius 3 is 2.52 bits per heavy atom. The molecule has 4 nitrogen and oxygen atoms in total. The van der Waals surface area contributed by atoms with Crippen molar-refractivity contribution >= 4 is 12.0 Å². The van der Waals surface area contributed by atoms with E-state index in [1.54, 1.807) is 13.2 Å². The van der Waals surface area contributed by atoms with Crippen LogP contribution in [0.15, 0.2) is 48.5 Å². The first-order valence-corrected chi connectivity index (χ1v) is 7.48. The molecule has 2 N–H and O–H groups in total. The Hall–Kier alpha value is -2.75. The number of amides is 1. The molecule has 0 saturated carbocycles. The summed E-state index contributed by atoms with van der Waals surface area (Å²) in [5.74, 6) is 1.07. The van der Waals surface area contributed by atoms with Crippen LogP contribution in [0.5, 0.6) is 11.5 Å². The molecular formula is C19H21NO3. The zero-order valence-electron chi connectivity index (χ0n) is 13.4. The van der Waals surface area contributed by atoms with Crippen LogP contribution in [0.2, 0.25) is 0 Å². The standard InChI is InChI=1S/C19H21NO3/c1-3-14-4-8-17(9-5-14)23-13-16-12-15(7-11-19(20)21)6-10-18(16)22-2/h4-12H,3,13H2,1-2H3,(H2,20,21)/b11-7-. The Balaban J connectivity index is 2.12. The molecule has 0 spiro atoms. The normalized spacial score (nSPS) is 10.7. The van der Waals surface area contributed by atoms with Crippen LogP contribution in [-0.2, 0) is 17.8 Å². The van der Waals surface area contributed by atoms with Crippen LogP contribution < -0.4 is 15.2 Å². The topological polar surface area (TPSA) is 61.5 Å². The van der Waals surface area contributed by atoms with Crippen LogP contribution in [0.1, 0.15) is 23.6 Å². The minimum Gasteiger partial charge on any atom is -0.496 e. The van der Waals surface area contributed by atoms with Gasteiger partial charge >= 0.3 is 0 Å². The number of benzene rings is 2. The zero-order chi connectivity index (χ0) is 16.7. The quantitative estimate of drug-likeness (QED) is 0.798. The first-order chi connectivity index (χ1) is 11.1. The van der Waals surface area contributed by atoms with Crippen molar-refractivity contribution in [3.05, 3.63) is 65.2 Å². The van der Waals surface area contributed by atoms with Crippen molar-refractivity contribution in [2.75, 3.05) is 7.11 Å². The van der Waals surface area contributed by atoms with Gasteiger partial charge in [-0.1, -0.05) is 25.1 Å². The predicted molar refractivity (Wildman–Crippen MR) is 91.4 cm³/mol. The molecule has 2 aromatic carbocycles. The molecule has 1 amide bonds. The van der Waals surface area contributed by atoms with Crippen molar-refractivity contribution < 1.29 is 14.3 Å². The molecule has 0 aliphatic heterocycles. The van der Waals surface area contributed by atoms with E-state index in [0.717, 1.165) is 29.0 Å². The first kappa shape index (κ1) is 16.6. The summed E-state index contributed by atoms with van der Waals surface area (Å²) >= 11 is 0. The number of hydrogen-bond acceptors (Lipinski definition) is 3. The lowest BCUT2D eigenvalue weighted by Gasteiger charge is -2.11. The first-order valence-electron chi connectivity index (χ1n) is 7.48. The molecule has 2 rings (SSSR count). The minimum atomic E-state index is -0.477. The Bertz CT molecular complexity index is 690. The molecule has 0 bridgehead atoms. The van der Waals surface area contributed by atoms with Crippen LogP contribution in [0.3, 0.4) is 0 Å². The molecule has 0 atom stereocenters. The van der Waals surface area contributed by atoms with Gasteiger partial charge in [-0.2, -0.15) is 0 Å². The third-order valence-corrected chi connectivity index (χ3v) is 3.47. The molecule has 120 valence electrons. The van der Waals surface area contributed by atoms with E-state index in [-0.39, 0.29) is 0 Å². The highest BCUT2D eigenvalue weighted by Crippen LogP contribution is 2.23. The lowest BCUT2D eigenvalue weighted by Crippen LogP contribution is -2.05. The van der Waals surface area contributed by atoms with E-state index in [1.165, 1.54) is 11.6 Å². The molecule has 0 aromatic heterocycles. The van der Waals surface area contributed by atoms with Crippen LogP contribution in [0, 0.1) is 0 Å². The molecule has 0 saturated heterocycles. The predicted octanol–water partition coefficient (Wildman–Crippen LogP) is 3.34. The SMILES string of the molecule is CCc1ccc(OCc2cc(/C=C\C(N)=O)ccc2OC)cc1. The van der Waals surface area contributed by atoms with Crippen LogP contribution in [0.25, 0.3) is 6.08 Å². The van der Waals surface area contributed by atoms with Crippen molar-refractivity contribution in [1.82, 2.24) is 0 Å². The fraction of sp³-hybridized carbons (Fsp3) is 0.211. The molecular weight excluding hydrogens is 290 g/mol. The van der Waals surface area contributed by atoms with Gasteiger partial charge in [-0.25, -0.2) is 0 Å². The summed E-state index contributed by atoms with van der Waals surface area (Å²) in [5.41, 5.74) is 8.16. The third kappa shape index (κ3) is 4.88. The number of ether oxygens (including phenoxy) is 2. The number of rotatable bonds is 7. The van der Waals surface area contributed by atoms with Crippen molar-refractivity contribution in [2.45, 2.75) is 20.0 Å². The van der Waals surface area contributed by atoms with Gasteiger partial charge in [0.25, 0.3) is 0 Å². The highest BCUT2D eigenvalue weighted by Gasteiger charge is 2.05. The Morgan fingerprint density at radius 2 is 1.91 bits per heavy atom. The number of nitrogens with two attached hydrogens (primary N) is 1. The zero-order valence-corrected chi connectivity index (χ0v) is 13.4. The van der Waals surface area contributed by atoms with E-state index in [1.807, 2.05) is 30.3 Å². The molecule has 0 radical (unpaired) electrons. The summed E-state index contributed by atoms with van der Waals surface area (Å²) in [4.78, 5) is 10.8. The number of primary amides is 1. The highest BCUT2D eigenvalue weighted by molar-refractivity contribution is 5.90. The maximum atomic E-state index is 10.8. The van der Waals surface area contributed by atoms with Gasteiger partial charge in [0, 0.05) is 11.6 Å². The molecule has 23 heavy (non-hydrogen) atoms. The fourth-order valence-electron chi connectivity index (χ4n) is 2.18. The van der Waals surface area contributed by atoms with E-state index >= 15 is 0 Å². The van der Waals surface area contributed by atoms with Crippen molar-refractivity contribution in [1.29, 1.82) is 0 Å². The van der Waals surface area contributed by atoms with Crippen molar-refractivity contribution in [3.63, 3.8) is 0 Å². The largest absolute Gasteiger partial charge is 0.496 e. The van der Waals surface area contributed by atoms with E-state index in [4.69, 9.17) is 15.2 Å². The summed E-state index contributed by atoms with van der Waals surface area (Å²) in [6.45, 7) is 2.50. The van der Waals surface area contributed by atoms with Crippen LogP contribution >= 0.6 is 0 Å². The maximum absolute atomic E-state index is 10.8. The maximum Gasteiger partial charge on any atom is 0.241 e. The molecule has 0 fully saturated rings. The number of carbonyl (C=O) groups excluding carboxylic acids is 1. The number of methoxy groups -OCH3 is 1. The lowest BCUT2D eigenvalue weighted by atomic mass is 10.1. The Morgan fingerprint density at radius 1 is 1.17 bits per heavy atom. The smallest absolute Gasteiger partial charge is 0.241 e. The lowest BCUT2D eigenvalue weighted by molar-refractivity contribution is -0.113. The summed E-state index contributed by atoms with van der Waals surface area (Å²) in [6.07, 6.45) is 4.00. The molecule has 0 aliphatic rings. The molecule has 2 aromatic rings. The van der Waals surface area contributed by atoms with E-state index < -0.39 is 5.91 Å². The second-order valence-corrected chi connectivity index (χ2v) is 5.09. The number of carbonyl (C=O) groups is 1. The van der Waals surface area contributed by atoms with Gasteiger partial charge in [0.2, 0.25) is 5.91 Å². The molecule has 4 heteroatoms. The van der Waals surface area contributed by atoms with Gasteiger partial charge in [0.15, 0.2) is 0 Å². The van der Waals surface area contributed by atoms with Crippen molar-refractivity contribution in [2.24, 2.45) is 5.73 Å². The highest BCUT2D eigenvalue weighted by atomic mass is 16.5. The van der Waals surface area contributed by atoms with E-state index in [9.17, 15) is 4.79 Å². The van der Waals surface area contributed by atoms with Gasteiger partial charge in [-0.3, -0.25) is 4.79 Å². The van der Waals surface area contributed by atoms with Crippen LogP contribution in [-0.4, -0.2) is 13.0 Å². The van der Waals surface area contributed by atoms with Crippen molar-refractivity contribution in [3.8, 4) is 11.5 Å². The molecule has 0 heterocycles. The summed E-state index contributed by atoms with van der Waals surface area (Å²) in [6, 6.07) is 13.7. The summed E-state index contributed by atoms with van der Waals surface area (Å²) < 4.78 is 11.2. The fourth-order valence-corrected chi connectivity index (χ4v) is 2.18. The van der Waals surface area contributed by atoms with Gasteiger partial charge in [-0.05, 0) is 47.9 Å². The van der Waals surface area contributed by atoms with Crippen LogP contribution in [0.4, 0.5) is 0 Å². The van der Waals surface area contributed by atoms with E-state index in [2.05, 4.69) is 19.1 Å². The minimum absolute atomic E-state index is 0.382. The average molecular weight is 311 g/mol. The summed E-state index contributed by atoms with van der Waals surface area (Å²) in [7, 11) is 1.62. The monoisotopic (exact) mass is 311 g/mol. The summed E-state index contributed by atoms with van der Waals surface area (Å²) in [5, 5.41) is 0. The number of aryl methyl sites for hydroxylation is 1. The van der Waals surface area contributed by atoms with Gasteiger partial charge < -0.3 is 15.2 Å². The molecule has 0 unspecified atom stereocenters. The number of hydrogen-bond donors (Lipinski definition) is 1. The second kappa shape index (κ2) is 8.03. The second-order valence-electron chi connectivity index (χ2n) is 5.09. The Kier molecular flexibility index (Phi) is 5.80.